The molecule has 2 aromatic rings. The molecule has 3 rings (SSSR count). The van der Waals surface area contributed by atoms with Crippen LogP contribution in [0.1, 0.15) is 30.4 Å². The summed E-state index contributed by atoms with van der Waals surface area (Å²) in [5.74, 6) is -0.219. The summed E-state index contributed by atoms with van der Waals surface area (Å²) in [6.07, 6.45) is -0.116. The monoisotopic (exact) mass is 749 g/mol. The fourth-order valence-electron chi connectivity index (χ4n) is 5.25. The Balaban J connectivity index is 0.986. The first-order valence-electron chi connectivity index (χ1n) is 18.5. The summed E-state index contributed by atoms with van der Waals surface area (Å²) >= 11 is 0. The summed E-state index contributed by atoms with van der Waals surface area (Å²) in [5, 5.41) is 0. The van der Waals surface area contributed by atoms with Gasteiger partial charge in [0.1, 0.15) is 6.61 Å². The fourth-order valence-corrected chi connectivity index (χ4v) is 5.25. The van der Waals surface area contributed by atoms with Gasteiger partial charge in [-0.1, -0.05) is 48.5 Å². The highest BCUT2D eigenvalue weighted by molar-refractivity contribution is 5.79. The molecule has 298 valence electrons. The zero-order valence-corrected chi connectivity index (χ0v) is 31.5. The molecule has 0 atom stereocenters. The van der Waals surface area contributed by atoms with Crippen molar-refractivity contribution >= 4 is 12.1 Å². The average molecular weight is 750 g/mol. The summed E-state index contributed by atoms with van der Waals surface area (Å²) in [6, 6.07) is 16.6. The average Bonchev–Trinajstić information content (AvgIpc) is 3.49. The van der Waals surface area contributed by atoms with Gasteiger partial charge in [0.15, 0.2) is 0 Å². The summed E-state index contributed by atoms with van der Waals surface area (Å²) in [4.78, 5) is 25.3. The molecular formula is C39H59NO13. The van der Waals surface area contributed by atoms with Crippen LogP contribution in [0, 0.1) is 0 Å². The Hall–Kier alpha value is -3.18. The lowest BCUT2D eigenvalue weighted by Gasteiger charge is -2.19. The van der Waals surface area contributed by atoms with E-state index >= 15 is 0 Å². The standard InChI is InChI=1S/C39H59NO13/c1-3-52-38(41)12-14-43-16-18-45-20-22-47-24-26-49-28-30-51-31-29-50-27-25-48-23-21-46-19-17-44-15-13-40(2)39(42)53-32-37-35-10-6-4-8-33(35)34-9-5-7-11-36(34)37/h4-11,37H,3,12-32H2,1-2H3. The predicted octanol–water partition coefficient (Wildman–Crippen LogP) is 3.97. The second-order valence-corrected chi connectivity index (χ2v) is 11.8. The predicted molar refractivity (Wildman–Crippen MR) is 196 cm³/mol. The number of carbonyl (C=O) groups is 2. The van der Waals surface area contributed by atoms with Gasteiger partial charge in [0.25, 0.3) is 0 Å². The van der Waals surface area contributed by atoms with E-state index in [1.54, 1.807) is 14.0 Å². The van der Waals surface area contributed by atoms with E-state index in [1.165, 1.54) is 27.2 Å². The topological polar surface area (TPSA) is 139 Å². The van der Waals surface area contributed by atoms with Gasteiger partial charge in [-0.05, 0) is 29.2 Å². The molecule has 0 aliphatic heterocycles. The van der Waals surface area contributed by atoms with Gasteiger partial charge in [-0.3, -0.25) is 4.79 Å². The molecule has 0 bridgehead atoms. The molecule has 0 N–H and O–H groups in total. The summed E-state index contributed by atoms with van der Waals surface area (Å²) in [6.45, 7) is 11.0. The van der Waals surface area contributed by atoms with Crippen LogP contribution in [0.15, 0.2) is 48.5 Å². The summed E-state index contributed by atoms with van der Waals surface area (Å²) in [7, 11) is 1.71. The maximum absolute atomic E-state index is 12.6. The van der Waals surface area contributed by atoms with Gasteiger partial charge in [-0.25, -0.2) is 4.79 Å². The van der Waals surface area contributed by atoms with Crippen LogP contribution in [0.25, 0.3) is 11.1 Å². The molecule has 14 heteroatoms. The van der Waals surface area contributed by atoms with E-state index in [4.69, 9.17) is 52.1 Å². The van der Waals surface area contributed by atoms with Crippen LogP contribution in [-0.2, 0) is 56.9 Å². The van der Waals surface area contributed by atoms with Gasteiger partial charge >= 0.3 is 12.1 Å². The minimum Gasteiger partial charge on any atom is -0.466 e. The van der Waals surface area contributed by atoms with Crippen molar-refractivity contribution in [1.82, 2.24) is 4.90 Å². The zero-order chi connectivity index (χ0) is 37.6. The van der Waals surface area contributed by atoms with Gasteiger partial charge in [0.05, 0.1) is 132 Å². The molecule has 0 fully saturated rings. The van der Waals surface area contributed by atoms with Gasteiger partial charge in [0.2, 0.25) is 0 Å². The first kappa shape index (κ1) is 44.2. The highest BCUT2D eigenvalue weighted by atomic mass is 16.6. The molecule has 14 nitrogen and oxygen atoms in total. The van der Waals surface area contributed by atoms with Crippen molar-refractivity contribution in [1.29, 1.82) is 0 Å². The smallest absolute Gasteiger partial charge is 0.409 e. The molecule has 0 saturated heterocycles. The molecule has 1 amide bonds. The van der Waals surface area contributed by atoms with Crippen molar-refractivity contribution in [2.24, 2.45) is 0 Å². The number of rotatable bonds is 33. The first-order chi connectivity index (χ1) is 26.1. The number of nitrogens with zero attached hydrogens (tertiary/aromatic N) is 1. The molecule has 53 heavy (non-hydrogen) atoms. The highest BCUT2D eigenvalue weighted by Gasteiger charge is 2.29. The molecule has 0 saturated carbocycles. The van der Waals surface area contributed by atoms with Crippen molar-refractivity contribution in [3.63, 3.8) is 0 Å². The minimum absolute atomic E-state index is 0.0361. The lowest BCUT2D eigenvalue weighted by Crippen LogP contribution is -2.32. The van der Waals surface area contributed by atoms with Crippen LogP contribution in [0.5, 0.6) is 0 Å². The number of esters is 1. The fraction of sp³-hybridized carbons (Fsp3) is 0.641. The van der Waals surface area contributed by atoms with Crippen LogP contribution >= 0.6 is 0 Å². The number of likely N-dealkylation sites (N-methyl/N-ethyl adjacent to an activating group) is 1. The van der Waals surface area contributed by atoms with E-state index in [2.05, 4.69) is 24.3 Å². The first-order valence-corrected chi connectivity index (χ1v) is 18.5. The van der Waals surface area contributed by atoms with Crippen LogP contribution in [0.2, 0.25) is 0 Å². The summed E-state index contributed by atoms with van der Waals surface area (Å²) in [5.41, 5.74) is 4.79. The third kappa shape index (κ3) is 19.1. The van der Waals surface area contributed by atoms with E-state index in [0.717, 1.165) is 0 Å². The highest BCUT2D eigenvalue weighted by Crippen LogP contribution is 2.44. The van der Waals surface area contributed by atoms with Crippen molar-refractivity contribution in [3.8, 4) is 11.1 Å². The number of benzene rings is 2. The van der Waals surface area contributed by atoms with E-state index in [1.807, 2.05) is 24.3 Å². The Morgan fingerprint density at radius 2 is 0.868 bits per heavy atom. The molecule has 0 unspecified atom stereocenters. The van der Waals surface area contributed by atoms with Crippen LogP contribution in [0.3, 0.4) is 0 Å². The molecule has 0 spiro atoms. The maximum Gasteiger partial charge on any atom is 0.409 e. The van der Waals surface area contributed by atoms with Crippen LogP contribution in [0.4, 0.5) is 4.79 Å². The zero-order valence-electron chi connectivity index (χ0n) is 31.5. The Kier molecular flexibility index (Phi) is 24.4. The largest absolute Gasteiger partial charge is 0.466 e. The van der Waals surface area contributed by atoms with E-state index in [9.17, 15) is 9.59 Å². The lowest BCUT2D eigenvalue weighted by atomic mass is 9.98. The van der Waals surface area contributed by atoms with Crippen LogP contribution in [-0.4, -0.2) is 163 Å². The maximum atomic E-state index is 12.6. The number of ether oxygens (including phenoxy) is 11. The molecule has 0 radical (unpaired) electrons. The van der Waals surface area contributed by atoms with Crippen molar-refractivity contribution in [2.75, 3.05) is 146 Å². The number of fused-ring (bicyclic) bond motifs is 3. The number of hydrogen-bond acceptors (Lipinski definition) is 13. The third-order valence-electron chi connectivity index (χ3n) is 7.95. The van der Waals surface area contributed by atoms with E-state index < -0.39 is 0 Å². The van der Waals surface area contributed by atoms with Crippen molar-refractivity contribution in [3.05, 3.63) is 59.7 Å². The molecule has 1 aliphatic carbocycles. The van der Waals surface area contributed by atoms with Gasteiger partial charge in [-0.15, -0.1) is 0 Å². The second-order valence-electron chi connectivity index (χ2n) is 11.8. The van der Waals surface area contributed by atoms with Crippen molar-refractivity contribution < 1.29 is 61.7 Å². The molecule has 0 aromatic heterocycles. The molecule has 0 heterocycles. The van der Waals surface area contributed by atoms with Crippen molar-refractivity contribution in [2.45, 2.75) is 19.3 Å². The number of hydrogen-bond donors (Lipinski definition) is 0. The molecular weight excluding hydrogens is 690 g/mol. The lowest BCUT2D eigenvalue weighted by molar-refractivity contribution is -0.144. The Morgan fingerprint density at radius 1 is 0.509 bits per heavy atom. The summed E-state index contributed by atoms with van der Waals surface area (Å²) < 4.78 is 59.8. The second kappa shape index (κ2) is 29.2. The molecule has 1 aliphatic rings. The number of amides is 1. The SMILES string of the molecule is CCOC(=O)CCOCCOCCOCCOCCOCCOCCOCCOCCOCCN(C)C(=O)OCC1c2ccccc2-c2ccccc21. The number of carbonyl (C=O) groups excluding carboxylic acids is 2. The van der Waals surface area contributed by atoms with Gasteiger partial charge in [-0.2, -0.15) is 0 Å². The Bertz CT molecular complexity index is 1200. The Morgan fingerprint density at radius 3 is 1.26 bits per heavy atom. The Labute approximate surface area is 314 Å². The van der Waals surface area contributed by atoms with Crippen LogP contribution < -0.4 is 0 Å². The van der Waals surface area contributed by atoms with Gasteiger partial charge in [0, 0.05) is 19.5 Å². The van der Waals surface area contributed by atoms with E-state index in [0.29, 0.717) is 139 Å². The minimum atomic E-state index is -0.367. The van der Waals surface area contributed by atoms with E-state index in [-0.39, 0.29) is 24.4 Å². The molecule has 2 aromatic carbocycles. The third-order valence-corrected chi connectivity index (χ3v) is 7.95. The van der Waals surface area contributed by atoms with Gasteiger partial charge < -0.3 is 57.0 Å². The quantitative estimate of drug-likeness (QED) is 0.0770. The normalized spacial score (nSPS) is 12.1.